The zero-order valence-electron chi connectivity index (χ0n) is 8.12. The highest BCUT2D eigenvalue weighted by Gasteiger charge is 2.09. The molecule has 0 spiro atoms. The van der Waals surface area contributed by atoms with E-state index >= 15 is 0 Å². The van der Waals surface area contributed by atoms with Crippen LogP contribution in [0.4, 0.5) is 11.8 Å². The van der Waals surface area contributed by atoms with Crippen LogP contribution < -0.4 is 11.5 Å². The molecule has 4 heteroatoms. The van der Waals surface area contributed by atoms with E-state index in [1.165, 1.54) is 0 Å². The smallest absolute Gasteiger partial charge is 0.222 e. The number of nitrogen functional groups attached to an aromatic ring is 2. The summed E-state index contributed by atoms with van der Waals surface area (Å²) in [5.74, 6) is 1.16. The summed E-state index contributed by atoms with van der Waals surface area (Å²) >= 11 is 0. The SMILES string of the molecule is CCC(CC)c1cc(N)nc(N)n1. The van der Waals surface area contributed by atoms with Crippen molar-refractivity contribution < 1.29 is 0 Å². The number of anilines is 2. The van der Waals surface area contributed by atoms with Gasteiger partial charge in [-0.1, -0.05) is 13.8 Å². The Balaban J connectivity index is 2.99. The third-order valence-corrected chi connectivity index (χ3v) is 2.19. The second-order valence-electron chi connectivity index (χ2n) is 3.09. The largest absolute Gasteiger partial charge is 0.384 e. The Morgan fingerprint density at radius 3 is 2.31 bits per heavy atom. The molecule has 0 aliphatic heterocycles. The first-order valence-corrected chi connectivity index (χ1v) is 4.57. The van der Waals surface area contributed by atoms with Gasteiger partial charge in [0, 0.05) is 12.0 Å². The zero-order valence-corrected chi connectivity index (χ0v) is 8.12. The van der Waals surface area contributed by atoms with Crippen LogP contribution in [0.3, 0.4) is 0 Å². The second-order valence-corrected chi connectivity index (χ2v) is 3.09. The predicted molar refractivity (Wildman–Crippen MR) is 54.2 cm³/mol. The van der Waals surface area contributed by atoms with Crippen molar-refractivity contribution in [2.75, 3.05) is 11.5 Å². The van der Waals surface area contributed by atoms with E-state index in [-0.39, 0.29) is 5.95 Å². The summed E-state index contributed by atoms with van der Waals surface area (Å²) < 4.78 is 0. The number of nitrogens with zero attached hydrogens (tertiary/aromatic N) is 2. The lowest BCUT2D eigenvalue weighted by Gasteiger charge is -2.11. The summed E-state index contributed by atoms with van der Waals surface area (Å²) in [5, 5.41) is 0. The summed E-state index contributed by atoms with van der Waals surface area (Å²) in [6, 6.07) is 1.80. The fraction of sp³-hybridized carbons (Fsp3) is 0.556. The molecule has 1 rings (SSSR count). The maximum Gasteiger partial charge on any atom is 0.222 e. The predicted octanol–water partition coefficient (Wildman–Crippen LogP) is 1.54. The average molecular weight is 180 g/mol. The topological polar surface area (TPSA) is 77.8 Å². The molecule has 0 amide bonds. The molecule has 0 fully saturated rings. The van der Waals surface area contributed by atoms with E-state index < -0.39 is 0 Å². The van der Waals surface area contributed by atoms with Crippen LogP contribution in [0.2, 0.25) is 0 Å². The summed E-state index contributed by atoms with van der Waals surface area (Å²) in [7, 11) is 0. The number of hydrogen-bond donors (Lipinski definition) is 2. The van der Waals surface area contributed by atoms with Gasteiger partial charge in [0.05, 0.1) is 5.69 Å². The highest BCUT2D eigenvalue weighted by atomic mass is 15.0. The van der Waals surface area contributed by atoms with Gasteiger partial charge in [0.2, 0.25) is 5.95 Å². The lowest BCUT2D eigenvalue weighted by Crippen LogP contribution is -2.06. The van der Waals surface area contributed by atoms with E-state index in [0.717, 1.165) is 18.5 Å². The van der Waals surface area contributed by atoms with Crippen LogP contribution in [-0.4, -0.2) is 9.97 Å². The Kier molecular flexibility index (Phi) is 3.06. The van der Waals surface area contributed by atoms with Crippen LogP contribution in [0.1, 0.15) is 38.3 Å². The van der Waals surface area contributed by atoms with Crippen molar-refractivity contribution in [3.8, 4) is 0 Å². The number of aromatic nitrogens is 2. The van der Waals surface area contributed by atoms with Gasteiger partial charge in [-0.3, -0.25) is 0 Å². The van der Waals surface area contributed by atoms with E-state index in [2.05, 4.69) is 23.8 Å². The highest BCUT2D eigenvalue weighted by Crippen LogP contribution is 2.22. The van der Waals surface area contributed by atoms with Crippen molar-refractivity contribution in [2.24, 2.45) is 0 Å². The summed E-state index contributed by atoms with van der Waals surface area (Å²) in [6.45, 7) is 4.26. The summed E-state index contributed by atoms with van der Waals surface area (Å²) in [5.41, 5.74) is 12.0. The molecule has 4 N–H and O–H groups in total. The van der Waals surface area contributed by atoms with E-state index in [9.17, 15) is 0 Å². The molecule has 4 nitrogen and oxygen atoms in total. The Morgan fingerprint density at radius 2 is 1.85 bits per heavy atom. The standard InChI is InChI=1S/C9H16N4/c1-3-6(4-2)7-5-8(10)13-9(11)12-7/h5-6H,3-4H2,1-2H3,(H4,10,11,12,13). The number of nitrogens with two attached hydrogens (primary N) is 2. The molecule has 0 saturated carbocycles. The van der Waals surface area contributed by atoms with Crippen molar-refractivity contribution in [1.29, 1.82) is 0 Å². The van der Waals surface area contributed by atoms with E-state index in [1.807, 2.05) is 0 Å². The molecule has 1 heterocycles. The van der Waals surface area contributed by atoms with Gasteiger partial charge in [-0.2, -0.15) is 4.98 Å². The van der Waals surface area contributed by atoms with Crippen LogP contribution in [-0.2, 0) is 0 Å². The number of hydrogen-bond acceptors (Lipinski definition) is 4. The summed E-state index contributed by atoms with van der Waals surface area (Å²) in [6.07, 6.45) is 2.10. The molecule has 0 bridgehead atoms. The molecule has 0 unspecified atom stereocenters. The summed E-state index contributed by atoms with van der Waals surface area (Å²) in [4.78, 5) is 7.99. The van der Waals surface area contributed by atoms with Crippen LogP contribution in [0, 0.1) is 0 Å². The molecule has 0 aliphatic carbocycles. The third-order valence-electron chi connectivity index (χ3n) is 2.19. The fourth-order valence-corrected chi connectivity index (χ4v) is 1.42. The molecule has 0 aliphatic rings. The Labute approximate surface area is 78.4 Å². The minimum Gasteiger partial charge on any atom is -0.384 e. The monoisotopic (exact) mass is 180 g/mol. The van der Waals surface area contributed by atoms with Crippen molar-refractivity contribution in [3.63, 3.8) is 0 Å². The molecule has 1 aromatic heterocycles. The Morgan fingerprint density at radius 1 is 1.23 bits per heavy atom. The maximum atomic E-state index is 5.58. The van der Waals surface area contributed by atoms with Crippen LogP contribution >= 0.6 is 0 Å². The Bertz CT molecular complexity index is 261. The van der Waals surface area contributed by atoms with Crippen molar-refractivity contribution in [3.05, 3.63) is 11.8 Å². The van der Waals surface area contributed by atoms with E-state index in [0.29, 0.717) is 11.7 Å². The van der Waals surface area contributed by atoms with Gasteiger partial charge in [-0.15, -0.1) is 0 Å². The van der Waals surface area contributed by atoms with Gasteiger partial charge in [-0.05, 0) is 12.8 Å². The van der Waals surface area contributed by atoms with Gasteiger partial charge in [-0.25, -0.2) is 4.98 Å². The quantitative estimate of drug-likeness (QED) is 0.739. The molecule has 72 valence electrons. The van der Waals surface area contributed by atoms with Crippen molar-refractivity contribution in [2.45, 2.75) is 32.6 Å². The van der Waals surface area contributed by atoms with Crippen LogP contribution in [0.25, 0.3) is 0 Å². The normalized spacial score (nSPS) is 10.7. The van der Waals surface area contributed by atoms with Gasteiger partial charge in [0.1, 0.15) is 5.82 Å². The van der Waals surface area contributed by atoms with Crippen LogP contribution in [0.5, 0.6) is 0 Å². The average Bonchev–Trinajstić information content (AvgIpc) is 2.04. The molecule has 0 radical (unpaired) electrons. The lowest BCUT2D eigenvalue weighted by molar-refractivity contribution is 0.623. The number of rotatable bonds is 3. The van der Waals surface area contributed by atoms with Gasteiger partial charge < -0.3 is 11.5 Å². The second kappa shape index (κ2) is 4.07. The fourth-order valence-electron chi connectivity index (χ4n) is 1.42. The van der Waals surface area contributed by atoms with Crippen LogP contribution in [0.15, 0.2) is 6.07 Å². The zero-order chi connectivity index (χ0) is 9.84. The first kappa shape index (κ1) is 9.77. The van der Waals surface area contributed by atoms with Crippen molar-refractivity contribution >= 4 is 11.8 Å². The minimum absolute atomic E-state index is 0.266. The molecule has 0 atom stereocenters. The molecule has 13 heavy (non-hydrogen) atoms. The minimum atomic E-state index is 0.266. The Hall–Kier alpha value is -1.32. The highest BCUT2D eigenvalue weighted by molar-refractivity contribution is 5.36. The lowest BCUT2D eigenvalue weighted by atomic mass is 9.99. The van der Waals surface area contributed by atoms with E-state index in [4.69, 9.17) is 11.5 Å². The van der Waals surface area contributed by atoms with E-state index in [1.54, 1.807) is 6.07 Å². The first-order chi connectivity index (χ1) is 6.17. The van der Waals surface area contributed by atoms with Crippen molar-refractivity contribution in [1.82, 2.24) is 9.97 Å². The molecular formula is C9H16N4. The molecule has 0 saturated heterocycles. The molecular weight excluding hydrogens is 164 g/mol. The molecule has 0 aromatic carbocycles. The van der Waals surface area contributed by atoms with Gasteiger partial charge in [0.25, 0.3) is 0 Å². The van der Waals surface area contributed by atoms with Gasteiger partial charge in [0.15, 0.2) is 0 Å². The van der Waals surface area contributed by atoms with Gasteiger partial charge >= 0.3 is 0 Å². The maximum absolute atomic E-state index is 5.58. The molecule has 1 aromatic rings. The first-order valence-electron chi connectivity index (χ1n) is 4.57. The third kappa shape index (κ3) is 2.31.